The maximum atomic E-state index is 13.7. The molecule has 0 bridgehead atoms. The van der Waals surface area contributed by atoms with E-state index in [1.165, 1.54) is 55.2 Å². The molecule has 0 aromatic heterocycles. The lowest BCUT2D eigenvalue weighted by molar-refractivity contribution is -0.137. The zero-order chi connectivity index (χ0) is 29.8. The molecular formula is C40H24F3P. The first kappa shape index (κ1) is 25.6. The van der Waals surface area contributed by atoms with Gasteiger partial charge in [0, 0.05) is 0 Å². The second-order valence-electron chi connectivity index (χ2n) is 11.7. The fraction of sp³-hybridized carbons (Fsp3) is 0.0250. The minimum absolute atomic E-state index is 0.654. The van der Waals surface area contributed by atoms with Gasteiger partial charge in [-0.05, 0) is 99.6 Å². The van der Waals surface area contributed by atoms with Crippen LogP contribution in [0.5, 0.6) is 0 Å². The lowest BCUT2D eigenvalue weighted by Crippen LogP contribution is -2.27. The van der Waals surface area contributed by atoms with Gasteiger partial charge in [-0.25, -0.2) is 0 Å². The van der Waals surface area contributed by atoms with Crippen LogP contribution in [0.3, 0.4) is 0 Å². The maximum Gasteiger partial charge on any atom is 0.416 e. The van der Waals surface area contributed by atoms with Gasteiger partial charge in [0.25, 0.3) is 0 Å². The van der Waals surface area contributed by atoms with Gasteiger partial charge in [-0.3, -0.25) is 0 Å². The molecule has 0 atom stereocenters. The van der Waals surface area contributed by atoms with Crippen LogP contribution in [0.2, 0.25) is 0 Å². The van der Waals surface area contributed by atoms with Crippen LogP contribution < -0.4 is 15.9 Å². The van der Waals surface area contributed by atoms with Gasteiger partial charge in [-0.1, -0.05) is 128 Å². The zero-order valence-corrected chi connectivity index (χ0v) is 24.4. The van der Waals surface area contributed by atoms with Crippen LogP contribution in [0.15, 0.2) is 133 Å². The van der Waals surface area contributed by atoms with Crippen molar-refractivity contribution in [1.82, 2.24) is 0 Å². The molecule has 0 unspecified atom stereocenters. The normalized spacial score (nSPS) is 13.0. The van der Waals surface area contributed by atoms with E-state index in [0.29, 0.717) is 0 Å². The van der Waals surface area contributed by atoms with Crippen molar-refractivity contribution < 1.29 is 13.2 Å². The molecule has 9 aromatic rings. The molecule has 0 radical (unpaired) electrons. The van der Waals surface area contributed by atoms with Crippen molar-refractivity contribution in [3.05, 3.63) is 139 Å². The Morgan fingerprint density at radius 3 is 1.18 bits per heavy atom. The molecule has 210 valence electrons. The second-order valence-corrected chi connectivity index (χ2v) is 14.8. The molecule has 0 N–H and O–H groups in total. The van der Waals surface area contributed by atoms with E-state index in [1.54, 1.807) is 12.1 Å². The van der Waals surface area contributed by atoms with E-state index < -0.39 is 18.6 Å². The standard InChI is InChI=1S/C40H24F3P/c1-44(31-18-16-30(17-19-31)40(41,42)43,34-22-14-28-10-8-24-4-2-6-26-12-20-32(34)38(28)36(24)26)35-23-15-29-11-9-25-5-3-7-27-13-21-33(35)39(29)37(25)27/h2-23H,1H2. The van der Waals surface area contributed by atoms with Gasteiger partial charge in [-0.2, -0.15) is 13.2 Å². The van der Waals surface area contributed by atoms with Crippen molar-refractivity contribution in [2.75, 3.05) is 0 Å². The fourth-order valence-electron chi connectivity index (χ4n) is 7.42. The number of alkyl halides is 3. The molecule has 0 aliphatic carbocycles. The topological polar surface area (TPSA) is 0 Å². The van der Waals surface area contributed by atoms with E-state index in [4.69, 9.17) is 6.30 Å². The largest absolute Gasteiger partial charge is 0.416 e. The highest BCUT2D eigenvalue weighted by atomic mass is 31.2. The zero-order valence-electron chi connectivity index (χ0n) is 23.5. The Kier molecular flexibility index (Phi) is 5.15. The molecule has 0 saturated heterocycles. The first-order valence-electron chi connectivity index (χ1n) is 14.6. The lowest BCUT2D eigenvalue weighted by atomic mass is 9.94. The molecule has 0 saturated carbocycles. The highest BCUT2D eigenvalue weighted by Gasteiger charge is 2.32. The molecule has 0 amide bonds. The van der Waals surface area contributed by atoms with Gasteiger partial charge < -0.3 is 0 Å². The highest BCUT2D eigenvalue weighted by molar-refractivity contribution is 7.94. The number of benzene rings is 9. The Hall–Kier alpha value is -4.85. The third kappa shape index (κ3) is 3.42. The third-order valence-corrected chi connectivity index (χ3v) is 13.1. The molecule has 0 nitrogen and oxygen atoms in total. The smallest absolute Gasteiger partial charge is 0.166 e. The number of rotatable bonds is 3. The molecule has 4 heteroatoms. The molecule has 0 spiro atoms. The van der Waals surface area contributed by atoms with E-state index in [2.05, 4.69) is 109 Å². The van der Waals surface area contributed by atoms with Crippen molar-refractivity contribution in [2.45, 2.75) is 6.18 Å². The van der Waals surface area contributed by atoms with Crippen LogP contribution in [0, 0.1) is 0 Å². The van der Waals surface area contributed by atoms with Crippen molar-refractivity contribution in [3.63, 3.8) is 0 Å². The Morgan fingerprint density at radius 2 is 0.773 bits per heavy atom. The Labute approximate surface area is 251 Å². The van der Waals surface area contributed by atoms with Crippen LogP contribution in [-0.4, -0.2) is 6.30 Å². The van der Waals surface area contributed by atoms with Gasteiger partial charge in [0.15, 0.2) is 0 Å². The van der Waals surface area contributed by atoms with Crippen LogP contribution in [0.25, 0.3) is 64.6 Å². The summed E-state index contributed by atoms with van der Waals surface area (Å²) in [6.45, 7) is -2.73. The molecule has 9 aromatic carbocycles. The Morgan fingerprint density at radius 1 is 0.409 bits per heavy atom. The molecule has 0 aliphatic heterocycles. The fourth-order valence-corrected chi connectivity index (χ4v) is 10.7. The number of hydrogen-bond acceptors (Lipinski definition) is 0. The summed E-state index contributed by atoms with van der Waals surface area (Å²) in [6.07, 6.45) is 0.651. The summed E-state index contributed by atoms with van der Waals surface area (Å²) in [5.41, 5.74) is -0.654. The summed E-state index contributed by atoms with van der Waals surface area (Å²) < 4.78 is 41.2. The Balaban J connectivity index is 1.43. The average molecular weight is 593 g/mol. The predicted molar refractivity (Wildman–Crippen MR) is 185 cm³/mol. The van der Waals surface area contributed by atoms with Crippen LogP contribution in [0.1, 0.15) is 5.56 Å². The summed E-state index contributed by atoms with van der Waals surface area (Å²) in [5, 5.41) is 16.9. The van der Waals surface area contributed by atoms with E-state index in [0.717, 1.165) is 37.5 Å². The first-order chi connectivity index (χ1) is 21.3. The quantitative estimate of drug-likeness (QED) is 0.141. The van der Waals surface area contributed by atoms with Gasteiger partial charge in [0.1, 0.15) is 0 Å². The van der Waals surface area contributed by atoms with Crippen LogP contribution in [0.4, 0.5) is 13.2 Å². The summed E-state index contributed by atoms with van der Waals surface area (Å²) in [6, 6.07) is 44.4. The van der Waals surface area contributed by atoms with E-state index >= 15 is 0 Å². The average Bonchev–Trinajstić information content (AvgIpc) is 3.05. The summed E-state index contributed by atoms with van der Waals surface area (Å²) in [7, 11) is 0. The SMILES string of the molecule is C=P(c1ccc(C(F)(F)F)cc1)(c1ccc2ccc3cccc4ccc1c2c34)c1ccc2ccc3cccc4ccc1c2c34. The molecule has 44 heavy (non-hydrogen) atoms. The van der Waals surface area contributed by atoms with Crippen LogP contribution >= 0.6 is 6.89 Å². The summed E-state index contributed by atoms with van der Waals surface area (Å²) in [5.74, 6) is 0. The second kappa shape index (κ2) is 8.85. The van der Waals surface area contributed by atoms with Crippen molar-refractivity contribution in [1.29, 1.82) is 0 Å². The predicted octanol–water partition coefficient (Wildman–Crippen LogP) is 10.2. The molecule has 0 fully saturated rings. The molecule has 0 heterocycles. The summed E-state index contributed by atoms with van der Waals surface area (Å²) in [4.78, 5) is 0. The Bertz CT molecular complexity index is 2430. The van der Waals surface area contributed by atoms with Crippen molar-refractivity contribution in [2.24, 2.45) is 0 Å². The molecular weight excluding hydrogens is 568 g/mol. The minimum Gasteiger partial charge on any atom is -0.166 e. The summed E-state index contributed by atoms with van der Waals surface area (Å²) >= 11 is 0. The van der Waals surface area contributed by atoms with Crippen molar-refractivity contribution >= 4 is 93.7 Å². The van der Waals surface area contributed by atoms with Gasteiger partial charge in [-0.15, -0.1) is 0 Å². The lowest BCUT2D eigenvalue weighted by Gasteiger charge is -2.30. The van der Waals surface area contributed by atoms with Gasteiger partial charge in [0.05, 0.1) is 5.56 Å². The van der Waals surface area contributed by atoms with Gasteiger partial charge >= 0.3 is 6.18 Å². The molecule has 9 rings (SSSR count). The van der Waals surface area contributed by atoms with E-state index in [-0.39, 0.29) is 0 Å². The van der Waals surface area contributed by atoms with E-state index in [9.17, 15) is 13.2 Å². The van der Waals surface area contributed by atoms with Gasteiger partial charge in [0.2, 0.25) is 0 Å². The first-order valence-corrected chi connectivity index (χ1v) is 16.6. The third-order valence-electron chi connectivity index (χ3n) is 9.47. The number of halogens is 3. The number of hydrogen-bond donors (Lipinski definition) is 0. The maximum absolute atomic E-state index is 13.7. The monoisotopic (exact) mass is 592 g/mol. The minimum atomic E-state index is -4.42. The molecule has 0 aliphatic rings. The van der Waals surface area contributed by atoms with Crippen LogP contribution in [-0.2, 0) is 6.18 Å². The van der Waals surface area contributed by atoms with E-state index in [1.807, 2.05) is 0 Å². The highest BCUT2D eigenvalue weighted by Crippen LogP contribution is 2.49. The van der Waals surface area contributed by atoms with Crippen molar-refractivity contribution in [3.8, 4) is 0 Å².